The molecule has 0 unspecified atom stereocenters. The van der Waals surface area contributed by atoms with Gasteiger partial charge in [-0.05, 0) is 24.6 Å². The third-order valence-electron chi connectivity index (χ3n) is 4.18. The van der Waals surface area contributed by atoms with Crippen molar-refractivity contribution in [3.63, 3.8) is 0 Å². The van der Waals surface area contributed by atoms with Crippen LogP contribution in [0.2, 0.25) is 0 Å². The molecule has 0 bridgehead atoms. The second kappa shape index (κ2) is 7.77. The fourth-order valence-electron chi connectivity index (χ4n) is 2.78. The van der Waals surface area contributed by atoms with Crippen molar-refractivity contribution < 1.29 is 18.1 Å². The van der Waals surface area contributed by atoms with E-state index in [0.29, 0.717) is 19.5 Å². The van der Waals surface area contributed by atoms with Crippen LogP contribution >= 0.6 is 0 Å². The highest BCUT2D eigenvalue weighted by molar-refractivity contribution is 7.90. The maximum Gasteiger partial charge on any atom is 0.271 e. The Kier molecular flexibility index (Phi) is 5.41. The first-order valence-corrected chi connectivity index (χ1v) is 10.3. The number of hydrogen-bond donors (Lipinski definition) is 1. The molecule has 1 heterocycles. The summed E-state index contributed by atoms with van der Waals surface area (Å²) in [6, 6.07) is 10.8. The Morgan fingerprint density at radius 1 is 1.25 bits per heavy atom. The zero-order valence-corrected chi connectivity index (χ0v) is 15.8. The Bertz CT molecular complexity index is 1150. The summed E-state index contributed by atoms with van der Waals surface area (Å²) in [4.78, 5) is 26.6. The second-order valence-corrected chi connectivity index (χ2v) is 8.30. The van der Waals surface area contributed by atoms with Gasteiger partial charge in [-0.15, -0.1) is 0 Å². The van der Waals surface area contributed by atoms with E-state index in [-0.39, 0.29) is 10.5 Å². The average molecular weight is 402 g/mol. The first-order valence-electron chi connectivity index (χ1n) is 8.43. The first kappa shape index (κ1) is 19.5. The van der Waals surface area contributed by atoms with Crippen LogP contribution in [-0.2, 0) is 16.4 Å². The van der Waals surface area contributed by atoms with Crippen LogP contribution < -0.4 is 5.32 Å². The molecule has 0 fully saturated rings. The molecule has 0 saturated carbocycles. The second-order valence-electron chi connectivity index (χ2n) is 6.28. The van der Waals surface area contributed by atoms with E-state index in [2.05, 4.69) is 10.3 Å². The number of imidazole rings is 1. The summed E-state index contributed by atoms with van der Waals surface area (Å²) in [7, 11) is -3.69. The third-order valence-corrected chi connectivity index (χ3v) is 5.27. The van der Waals surface area contributed by atoms with Crippen LogP contribution in [0.5, 0.6) is 0 Å². The molecule has 10 heteroatoms. The number of rotatable bonds is 7. The van der Waals surface area contributed by atoms with Gasteiger partial charge in [0.15, 0.2) is 9.84 Å². The van der Waals surface area contributed by atoms with Crippen LogP contribution in [-0.4, -0.2) is 41.6 Å². The number of aryl methyl sites for hydroxylation is 1. The number of benzene rings is 2. The van der Waals surface area contributed by atoms with Crippen LogP contribution in [0.1, 0.15) is 16.8 Å². The van der Waals surface area contributed by atoms with Gasteiger partial charge >= 0.3 is 0 Å². The van der Waals surface area contributed by atoms with Crippen LogP contribution in [0, 0.1) is 10.1 Å². The van der Waals surface area contributed by atoms with Crippen molar-refractivity contribution in [2.45, 2.75) is 17.9 Å². The number of sulfone groups is 1. The largest absolute Gasteiger partial charge is 0.352 e. The predicted octanol–water partition coefficient (Wildman–Crippen LogP) is 2.17. The Morgan fingerprint density at radius 2 is 2.00 bits per heavy atom. The van der Waals surface area contributed by atoms with Crippen molar-refractivity contribution in [2.75, 3.05) is 12.8 Å². The molecule has 1 amide bonds. The fourth-order valence-corrected chi connectivity index (χ4v) is 3.45. The van der Waals surface area contributed by atoms with Gasteiger partial charge in [-0.1, -0.05) is 12.1 Å². The lowest BCUT2D eigenvalue weighted by Gasteiger charge is -2.08. The lowest BCUT2D eigenvalue weighted by atomic mass is 10.2. The van der Waals surface area contributed by atoms with Gasteiger partial charge in [0.05, 0.1) is 27.2 Å². The standard InChI is InChI=1S/C18H18N4O5S/c1-28(26,27)15-10-13(9-14(11-15)22(24)25)18(23)19-7-4-8-21-12-20-16-5-2-3-6-17(16)21/h2-3,5-6,9-12H,4,7-8H2,1H3,(H,19,23). The minimum absolute atomic E-state index is 0.0669. The number of hydrogen-bond acceptors (Lipinski definition) is 6. The van der Waals surface area contributed by atoms with Crippen LogP contribution in [0.3, 0.4) is 0 Å². The summed E-state index contributed by atoms with van der Waals surface area (Å²) in [5, 5.41) is 13.7. The van der Waals surface area contributed by atoms with E-state index in [1.165, 1.54) is 0 Å². The topological polar surface area (TPSA) is 124 Å². The van der Waals surface area contributed by atoms with Crippen molar-refractivity contribution in [2.24, 2.45) is 0 Å². The molecule has 0 radical (unpaired) electrons. The van der Waals surface area contributed by atoms with Crippen molar-refractivity contribution in [3.05, 3.63) is 64.5 Å². The van der Waals surface area contributed by atoms with Gasteiger partial charge in [0.1, 0.15) is 0 Å². The van der Waals surface area contributed by atoms with E-state index in [1.807, 2.05) is 28.8 Å². The molecule has 0 aliphatic heterocycles. The highest BCUT2D eigenvalue weighted by Crippen LogP contribution is 2.21. The maximum absolute atomic E-state index is 12.3. The summed E-state index contributed by atoms with van der Waals surface area (Å²) >= 11 is 0. The van der Waals surface area contributed by atoms with Gasteiger partial charge in [0, 0.05) is 37.0 Å². The van der Waals surface area contributed by atoms with E-state index in [0.717, 1.165) is 35.5 Å². The molecule has 28 heavy (non-hydrogen) atoms. The Labute approximate surface area is 161 Å². The molecular weight excluding hydrogens is 384 g/mol. The molecule has 0 saturated heterocycles. The summed E-state index contributed by atoms with van der Waals surface area (Å²) in [5.74, 6) is -0.566. The number of carbonyl (C=O) groups excluding carboxylic acids is 1. The third kappa shape index (κ3) is 4.34. The molecule has 3 aromatic rings. The van der Waals surface area contributed by atoms with Crippen LogP contribution in [0.4, 0.5) is 5.69 Å². The zero-order chi connectivity index (χ0) is 20.3. The van der Waals surface area contributed by atoms with E-state index in [9.17, 15) is 23.3 Å². The fraction of sp³-hybridized carbons (Fsp3) is 0.222. The molecule has 0 aliphatic carbocycles. The normalized spacial score (nSPS) is 11.5. The lowest BCUT2D eigenvalue weighted by molar-refractivity contribution is -0.385. The highest BCUT2D eigenvalue weighted by Gasteiger charge is 2.19. The molecule has 2 aromatic carbocycles. The van der Waals surface area contributed by atoms with Crippen LogP contribution in [0.25, 0.3) is 11.0 Å². The number of non-ortho nitro benzene ring substituents is 1. The summed E-state index contributed by atoms with van der Waals surface area (Å²) in [6.45, 7) is 0.951. The lowest BCUT2D eigenvalue weighted by Crippen LogP contribution is -2.25. The number of aromatic nitrogens is 2. The molecule has 146 valence electrons. The zero-order valence-electron chi connectivity index (χ0n) is 15.0. The molecule has 1 N–H and O–H groups in total. The van der Waals surface area contributed by atoms with Crippen molar-refractivity contribution >= 4 is 32.5 Å². The van der Waals surface area contributed by atoms with Gasteiger partial charge in [-0.3, -0.25) is 14.9 Å². The maximum atomic E-state index is 12.3. The van der Waals surface area contributed by atoms with E-state index < -0.39 is 26.4 Å². The van der Waals surface area contributed by atoms with Gasteiger partial charge in [-0.2, -0.15) is 0 Å². The number of nitrogens with zero attached hydrogens (tertiary/aromatic N) is 3. The minimum Gasteiger partial charge on any atom is -0.352 e. The van der Waals surface area contributed by atoms with Gasteiger partial charge in [0.2, 0.25) is 0 Å². The minimum atomic E-state index is -3.69. The van der Waals surface area contributed by atoms with Crippen LogP contribution in [0.15, 0.2) is 53.7 Å². The number of para-hydroxylation sites is 2. The Balaban J connectivity index is 1.66. The Hall–Kier alpha value is -3.27. The molecular formula is C18H18N4O5S. The van der Waals surface area contributed by atoms with Crippen molar-refractivity contribution in [1.82, 2.24) is 14.9 Å². The molecule has 0 aliphatic rings. The SMILES string of the molecule is CS(=O)(=O)c1cc(C(=O)NCCCn2cnc3ccccc32)cc([N+](=O)[O-])c1. The van der Waals surface area contributed by atoms with Crippen molar-refractivity contribution in [1.29, 1.82) is 0 Å². The van der Waals surface area contributed by atoms with Gasteiger partial charge < -0.3 is 9.88 Å². The van der Waals surface area contributed by atoms with E-state index in [1.54, 1.807) is 6.33 Å². The van der Waals surface area contributed by atoms with Gasteiger partial charge in [-0.25, -0.2) is 13.4 Å². The van der Waals surface area contributed by atoms with Gasteiger partial charge in [0.25, 0.3) is 11.6 Å². The summed E-state index contributed by atoms with van der Waals surface area (Å²) in [5.41, 5.74) is 1.36. The number of amides is 1. The monoisotopic (exact) mass is 402 g/mol. The highest BCUT2D eigenvalue weighted by atomic mass is 32.2. The number of carbonyl (C=O) groups is 1. The molecule has 0 spiro atoms. The summed E-state index contributed by atoms with van der Waals surface area (Å²) < 4.78 is 25.4. The number of fused-ring (bicyclic) bond motifs is 1. The first-order chi connectivity index (χ1) is 13.3. The number of nitro groups is 1. The smallest absolute Gasteiger partial charge is 0.271 e. The Morgan fingerprint density at radius 3 is 2.71 bits per heavy atom. The molecule has 0 atom stereocenters. The quantitative estimate of drug-likeness (QED) is 0.367. The molecule has 1 aromatic heterocycles. The molecule has 9 nitrogen and oxygen atoms in total. The average Bonchev–Trinajstić information content (AvgIpc) is 3.07. The number of nitrogens with one attached hydrogen (secondary N) is 1. The summed E-state index contributed by atoms with van der Waals surface area (Å²) in [6.07, 6.45) is 3.27. The van der Waals surface area contributed by atoms with E-state index in [4.69, 9.17) is 0 Å². The number of nitro benzene ring substituents is 1. The molecule has 3 rings (SSSR count). The van der Waals surface area contributed by atoms with E-state index >= 15 is 0 Å². The predicted molar refractivity (Wildman–Crippen MR) is 103 cm³/mol. The van der Waals surface area contributed by atoms with Crippen molar-refractivity contribution in [3.8, 4) is 0 Å².